The first-order chi connectivity index (χ1) is 12.7. The number of methoxy groups -OCH3 is 1. The smallest absolute Gasteiger partial charge is 0.203 e. The van der Waals surface area contributed by atoms with E-state index < -0.39 is 0 Å². The monoisotopic (exact) mass is 376 g/mol. The first-order valence-corrected chi connectivity index (χ1v) is 9.83. The standard InChI is InChI=1S/C20H25ClN2O3/c1-25-20-16(26-11-5-10-23-8-2-3-9-23)12-15-17(19(20)24)18(21)13-6-4-7-14(13)22-15/h12,24H,2-11H2,1H3. The van der Waals surface area contributed by atoms with E-state index in [1.54, 1.807) is 0 Å². The lowest BCUT2D eigenvalue weighted by molar-refractivity contribution is 0.252. The topological polar surface area (TPSA) is 54.8 Å². The fourth-order valence-electron chi connectivity index (χ4n) is 4.08. The average molecular weight is 377 g/mol. The van der Waals surface area contributed by atoms with Crippen molar-refractivity contribution in [2.24, 2.45) is 0 Å². The van der Waals surface area contributed by atoms with Crippen LogP contribution < -0.4 is 9.47 Å². The number of pyridine rings is 1. The first kappa shape index (κ1) is 17.7. The number of fused-ring (bicyclic) bond motifs is 2. The third kappa shape index (κ3) is 3.19. The van der Waals surface area contributed by atoms with Gasteiger partial charge in [0.05, 0.1) is 29.6 Å². The maximum absolute atomic E-state index is 10.7. The third-order valence-corrected chi connectivity index (χ3v) is 5.82. The number of ether oxygens (including phenoxy) is 2. The van der Waals surface area contributed by atoms with E-state index in [1.807, 2.05) is 6.07 Å². The molecule has 0 radical (unpaired) electrons. The van der Waals surface area contributed by atoms with Crippen LogP contribution in [0.2, 0.25) is 5.02 Å². The molecular weight excluding hydrogens is 352 g/mol. The van der Waals surface area contributed by atoms with Crippen molar-refractivity contribution in [3.8, 4) is 17.2 Å². The van der Waals surface area contributed by atoms with Crippen LogP contribution in [-0.4, -0.2) is 48.3 Å². The Morgan fingerprint density at radius 2 is 2.04 bits per heavy atom. The summed E-state index contributed by atoms with van der Waals surface area (Å²) in [5, 5.41) is 11.9. The highest BCUT2D eigenvalue weighted by Gasteiger charge is 2.24. The summed E-state index contributed by atoms with van der Waals surface area (Å²) in [6.45, 7) is 4.00. The Morgan fingerprint density at radius 1 is 1.23 bits per heavy atom. The van der Waals surface area contributed by atoms with Crippen LogP contribution in [0.15, 0.2) is 6.07 Å². The summed E-state index contributed by atoms with van der Waals surface area (Å²) in [5.74, 6) is 0.882. The summed E-state index contributed by atoms with van der Waals surface area (Å²) in [6, 6.07) is 1.84. The highest BCUT2D eigenvalue weighted by Crippen LogP contribution is 2.46. The largest absolute Gasteiger partial charge is 0.504 e. The molecule has 0 saturated carbocycles. The predicted octanol–water partition coefficient (Wildman–Crippen LogP) is 3.96. The van der Waals surface area contributed by atoms with E-state index in [9.17, 15) is 5.11 Å². The van der Waals surface area contributed by atoms with Crippen molar-refractivity contribution in [2.45, 2.75) is 38.5 Å². The molecule has 2 aromatic rings. The number of hydrogen-bond acceptors (Lipinski definition) is 5. The third-order valence-electron chi connectivity index (χ3n) is 5.41. The van der Waals surface area contributed by atoms with Gasteiger partial charge in [-0.2, -0.15) is 0 Å². The Bertz CT molecular complexity index is 819. The van der Waals surface area contributed by atoms with E-state index in [-0.39, 0.29) is 5.75 Å². The molecule has 140 valence electrons. The Kier molecular flexibility index (Phi) is 5.09. The molecule has 1 aromatic heterocycles. The summed E-state index contributed by atoms with van der Waals surface area (Å²) in [5.41, 5.74) is 2.76. The molecule has 5 nitrogen and oxygen atoms in total. The van der Waals surface area contributed by atoms with Gasteiger partial charge < -0.3 is 19.5 Å². The molecule has 0 spiro atoms. The zero-order chi connectivity index (χ0) is 18.1. The van der Waals surface area contributed by atoms with E-state index in [2.05, 4.69) is 4.90 Å². The molecule has 1 fully saturated rings. The molecule has 0 amide bonds. The highest BCUT2D eigenvalue weighted by molar-refractivity contribution is 6.37. The lowest BCUT2D eigenvalue weighted by Crippen LogP contribution is -2.21. The highest BCUT2D eigenvalue weighted by atomic mass is 35.5. The molecular formula is C20H25ClN2O3. The van der Waals surface area contributed by atoms with Crippen LogP contribution in [0.1, 0.15) is 36.9 Å². The van der Waals surface area contributed by atoms with Crippen LogP contribution in [0.4, 0.5) is 0 Å². The number of phenolic OH excluding ortho intramolecular Hbond substituents is 1. The maximum atomic E-state index is 10.7. The van der Waals surface area contributed by atoms with Gasteiger partial charge in [0.15, 0.2) is 11.5 Å². The van der Waals surface area contributed by atoms with Gasteiger partial charge in [-0.1, -0.05) is 11.6 Å². The van der Waals surface area contributed by atoms with Gasteiger partial charge in [-0.25, -0.2) is 0 Å². The maximum Gasteiger partial charge on any atom is 0.203 e. The van der Waals surface area contributed by atoms with Crippen LogP contribution in [0.3, 0.4) is 0 Å². The molecule has 4 rings (SSSR count). The Hall–Kier alpha value is -1.72. The van der Waals surface area contributed by atoms with Gasteiger partial charge in [0, 0.05) is 18.3 Å². The lowest BCUT2D eigenvalue weighted by atomic mass is 10.1. The molecule has 1 N–H and O–H groups in total. The second-order valence-electron chi connectivity index (χ2n) is 7.11. The fraction of sp³-hybridized carbons (Fsp3) is 0.550. The Morgan fingerprint density at radius 3 is 2.81 bits per heavy atom. The Balaban J connectivity index is 1.58. The van der Waals surface area contributed by atoms with Crippen molar-refractivity contribution in [3.05, 3.63) is 22.3 Å². The molecule has 1 aliphatic heterocycles. The number of aryl methyl sites for hydroxylation is 1. The molecule has 0 bridgehead atoms. The van der Waals surface area contributed by atoms with Gasteiger partial charge in [-0.3, -0.25) is 4.98 Å². The SMILES string of the molecule is COc1c(OCCCN2CCCC2)cc2nc3c(c(Cl)c2c1O)CCC3. The number of likely N-dealkylation sites (tertiary alicyclic amines) is 1. The minimum absolute atomic E-state index is 0.0201. The van der Waals surface area contributed by atoms with Gasteiger partial charge in [-0.05, 0) is 57.2 Å². The first-order valence-electron chi connectivity index (χ1n) is 9.45. The van der Waals surface area contributed by atoms with Gasteiger partial charge in [0.2, 0.25) is 5.75 Å². The van der Waals surface area contributed by atoms with Crippen LogP contribution in [0.5, 0.6) is 17.2 Å². The quantitative estimate of drug-likeness (QED) is 0.773. The van der Waals surface area contributed by atoms with E-state index in [0.717, 1.165) is 43.5 Å². The van der Waals surface area contributed by atoms with Crippen molar-refractivity contribution in [2.75, 3.05) is 33.4 Å². The number of aromatic nitrogens is 1. The summed E-state index contributed by atoms with van der Waals surface area (Å²) in [4.78, 5) is 7.18. The molecule has 1 saturated heterocycles. The van der Waals surface area contributed by atoms with E-state index in [1.165, 1.54) is 33.0 Å². The summed E-state index contributed by atoms with van der Waals surface area (Å²) in [6.07, 6.45) is 6.43. The minimum atomic E-state index is 0.0201. The number of benzene rings is 1. The van der Waals surface area contributed by atoms with Crippen LogP contribution in [-0.2, 0) is 12.8 Å². The molecule has 1 aromatic carbocycles. The number of hydrogen-bond donors (Lipinski definition) is 1. The van der Waals surface area contributed by atoms with Crippen LogP contribution >= 0.6 is 11.6 Å². The normalized spacial score (nSPS) is 17.0. The second-order valence-corrected chi connectivity index (χ2v) is 7.48. The number of halogens is 1. The fourth-order valence-corrected chi connectivity index (χ4v) is 4.47. The summed E-state index contributed by atoms with van der Waals surface area (Å²) in [7, 11) is 1.53. The summed E-state index contributed by atoms with van der Waals surface area (Å²) >= 11 is 6.57. The molecule has 1 aliphatic carbocycles. The molecule has 2 aliphatic rings. The van der Waals surface area contributed by atoms with Crippen LogP contribution in [0, 0.1) is 0 Å². The lowest BCUT2D eigenvalue weighted by Gasteiger charge is -2.17. The predicted molar refractivity (Wildman–Crippen MR) is 103 cm³/mol. The van der Waals surface area contributed by atoms with Gasteiger partial charge in [-0.15, -0.1) is 0 Å². The second kappa shape index (κ2) is 7.49. The number of nitrogens with zero attached hydrogens (tertiary/aromatic N) is 2. The van der Waals surface area contributed by atoms with E-state index in [4.69, 9.17) is 26.1 Å². The number of phenols is 1. The molecule has 6 heteroatoms. The number of rotatable bonds is 6. The Labute approximate surface area is 158 Å². The summed E-state index contributed by atoms with van der Waals surface area (Å²) < 4.78 is 11.4. The molecule has 2 heterocycles. The van der Waals surface area contributed by atoms with Crippen molar-refractivity contribution < 1.29 is 14.6 Å². The average Bonchev–Trinajstić information content (AvgIpc) is 3.30. The minimum Gasteiger partial charge on any atom is -0.504 e. The van der Waals surface area contributed by atoms with Crippen molar-refractivity contribution in [1.29, 1.82) is 0 Å². The zero-order valence-electron chi connectivity index (χ0n) is 15.2. The van der Waals surface area contributed by atoms with Gasteiger partial charge in [0.1, 0.15) is 0 Å². The van der Waals surface area contributed by atoms with Crippen molar-refractivity contribution >= 4 is 22.5 Å². The molecule has 0 atom stereocenters. The van der Waals surface area contributed by atoms with E-state index in [0.29, 0.717) is 34.0 Å². The van der Waals surface area contributed by atoms with Gasteiger partial charge >= 0.3 is 0 Å². The van der Waals surface area contributed by atoms with Crippen LogP contribution in [0.25, 0.3) is 10.9 Å². The van der Waals surface area contributed by atoms with E-state index >= 15 is 0 Å². The van der Waals surface area contributed by atoms with Crippen molar-refractivity contribution in [1.82, 2.24) is 9.88 Å². The van der Waals surface area contributed by atoms with Crippen molar-refractivity contribution in [3.63, 3.8) is 0 Å². The zero-order valence-corrected chi connectivity index (χ0v) is 15.9. The van der Waals surface area contributed by atoms with Gasteiger partial charge in [0.25, 0.3) is 0 Å². The molecule has 26 heavy (non-hydrogen) atoms. The molecule has 0 unspecified atom stereocenters. The number of aromatic hydroxyl groups is 1.